The second-order valence-corrected chi connectivity index (χ2v) is 7.67. The lowest BCUT2D eigenvalue weighted by Crippen LogP contribution is -2.43. The summed E-state index contributed by atoms with van der Waals surface area (Å²) < 4.78 is 11.4. The molecule has 0 bridgehead atoms. The van der Waals surface area contributed by atoms with Crippen molar-refractivity contribution in [3.63, 3.8) is 0 Å². The molecule has 6 heteroatoms. The molecule has 30 heavy (non-hydrogen) atoms. The molecule has 3 aromatic rings. The second kappa shape index (κ2) is 8.79. The van der Waals surface area contributed by atoms with Crippen LogP contribution in [0.15, 0.2) is 47.0 Å². The fourth-order valence-electron chi connectivity index (χ4n) is 3.89. The molecule has 0 radical (unpaired) electrons. The van der Waals surface area contributed by atoms with Crippen LogP contribution >= 0.6 is 0 Å². The highest BCUT2D eigenvalue weighted by Crippen LogP contribution is 2.29. The van der Waals surface area contributed by atoms with Crippen molar-refractivity contribution in [3.8, 4) is 11.3 Å². The summed E-state index contributed by atoms with van der Waals surface area (Å²) in [6.45, 7) is 7.61. The lowest BCUT2D eigenvalue weighted by molar-refractivity contribution is -0.138. The first-order chi connectivity index (χ1) is 14.6. The van der Waals surface area contributed by atoms with Gasteiger partial charge in [-0.15, -0.1) is 0 Å². The molecule has 2 aromatic heterocycles. The Bertz CT molecular complexity index is 1040. The van der Waals surface area contributed by atoms with Crippen LogP contribution in [0.3, 0.4) is 0 Å². The summed E-state index contributed by atoms with van der Waals surface area (Å²) in [6, 6.07) is 13.9. The third-order valence-electron chi connectivity index (χ3n) is 5.63. The van der Waals surface area contributed by atoms with Gasteiger partial charge in [0.25, 0.3) is 0 Å². The molecule has 1 aliphatic heterocycles. The van der Waals surface area contributed by atoms with Crippen molar-refractivity contribution in [2.24, 2.45) is 0 Å². The van der Waals surface area contributed by atoms with E-state index < -0.39 is 0 Å². The Morgan fingerprint density at radius 3 is 2.80 bits per heavy atom. The molecule has 1 fully saturated rings. The first-order valence-electron chi connectivity index (χ1n) is 10.4. The lowest BCUT2D eigenvalue weighted by atomic mass is 10.0. The number of amides is 1. The smallest absolute Gasteiger partial charge is 0.227 e. The molecule has 0 saturated carbocycles. The summed E-state index contributed by atoms with van der Waals surface area (Å²) in [7, 11) is 0. The maximum Gasteiger partial charge on any atom is 0.227 e. The van der Waals surface area contributed by atoms with Crippen molar-refractivity contribution in [2.75, 3.05) is 19.7 Å². The second-order valence-electron chi connectivity index (χ2n) is 7.67. The molecule has 4 rings (SSSR count). The summed E-state index contributed by atoms with van der Waals surface area (Å²) in [4.78, 5) is 19.6. The van der Waals surface area contributed by atoms with Crippen molar-refractivity contribution < 1.29 is 14.1 Å². The molecule has 1 aliphatic rings. The molecule has 156 valence electrons. The third kappa shape index (κ3) is 4.14. The highest BCUT2D eigenvalue weighted by atomic mass is 16.5. The van der Waals surface area contributed by atoms with E-state index in [-0.39, 0.29) is 12.0 Å². The Labute approximate surface area is 176 Å². The molecule has 1 saturated heterocycles. The lowest BCUT2D eigenvalue weighted by Gasteiger charge is -2.33. The Morgan fingerprint density at radius 1 is 1.17 bits per heavy atom. The minimum Gasteiger partial charge on any atom is -0.368 e. The number of aryl methyl sites for hydroxylation is 3. The minimum atomic E-state index is -0.246. The van der Waals surface area contributed by atoms with Crippen LogP contribution in [0.4, 0.5) is 0 Å². The number of carbonyl (C=O) groups excluding carboxylic acids is 1. The number of aromatic nitrogens is 2. The quantitative estimate of drug-likeness (QED) is 0.640. The number of rotatable bonds is 5. The van der Waals surface area contributed by atoms with E-state index in [0.29, 0.717) is 26.1 Å². The zero-order valence-corrected chi connectivity index (χ0v) is 17.7. The molecule has 1 unspecified atom stereocenters. The highest BCUT2D eigenvalue weighted by molar-refractivity contribution is 5.79. The normalized spacial score (nSPS) is 16.6. The van der Waals surface area contributed by atoms with Crippen LogP contribution in [0.5, 0.6) is 0 Å². The summed E-state index contributed by atoms with van der Waals surface area (Å²) in [5.41, 5.74) is 5.64. The molecule has 6 nitrogen and oxygen atoms in total. The first kappa shape index (κ1) is 20.3. The van der Waals surface area contributed by atoms with E-state index >= 15 is 0 Å². The Hall–Kier alpha value is -2.99. The minimum absolute atomic E-state index is 0.122. The standard InChI is InChI=1S/C24H27N3O3/c1-4-21-24(17(3)26-30-21)20-11-7-10-19(25-20)22-15-27(12-13-29-22)23(28)14-18-9-6-5-8-16(18)2/h5-11,22H,4,12-15H2,1-3H3. The average molecular weight is 405 g/mol. The van der Waals surface area contributed by atoms with Crippen molar-refractivity contribution in [1.29, 1.82) is 0 Å². The Kier molecular flexibility index (Phi) is 5.95. The van der Waals surface area contributed by atoms with Crippen LogP contribution in [-0.4, -0.2) is 40.6 Å². The molecule has 1 amide bonds. The van der Waals surface area contributed by atoms with Gasteiger partial charge in [-0.2, -0.15) is 0 Å². The topological polar surface area (TPSA) is 68.5 Å². The maximum absolute atomic E-state index is 12.9. The first-order valence-corrected chi connectivity index (χ1v) is 10.4. The van der Waals surface area contributed by atoms with E-state index in [0.717, 1.165) is 46.0 Å². The zero-order chi connectivity index (χ0) is 21.1. The van der Waals surface area contributed by atoms with Gasteiger partial charge in [0.05, 0.1) is 42.2 Å². The SMILES string of the molecule is CCc1onc(C)c1-c1cccc(C2CN(C(=O)Cc3ccccc3C)CCO2)n1. The highest BCUT2D eigenvalue weighted by Gasteiger charge is 2.27. The van der Waals surface area contributed by atoms with Gasteiger partial charge < -0.3 is 14.2 Å². The van der Waals surface area contributed by atoms with Crippen LogP contribution in [0.1, 0.15) is 41.3 Å². The molecule has 1 aromatic carbocycles. The van der Waals surface area contributed by atoms with Crippen molar-refractivity contribution in [3.05, 3.63) is 70.7 Å². The van der Waals surface area contributed by atoms with Crippen LogP contribution in [0.25, 0.3) is 11.3 Å². The van der Waals surface area contributed by atoms with Crippen molar-refractivity contribution in [1.82, 2.24) is 15.0 Å². The molecular weight excluding hydrogens is 378 g/mol. The van der Waals surface area contributed by atoms with Gasteiger partial charge in [0.15, 0.2) is 0 Å². The van der Waals surface area contributed by atoms with Gasteiger partial charge in [-0.05, 0) is 37.1 Å². The molecule has 0 spiro atoms. The molecule has 0 N–H and O–H groups in total. The molecule has 1 atom stereocenters. The van der Waals surface area contributed by atoms with Gasteiger partial charge in [0.1, 0.15) is 11.9 Å². The van der Waals surface area contributed by atoms with Gasteiger partial charge in [-0.3, -0.25) is 4.79 Å². The number of ether oxygens (including phenoxy) is 1. The molecule has 3 heterocycles. The monoisotopic (exact) mass is 405 g/mol. The van der Waals surface area contributed by atoms with E-state index in [4.69, 9.17) is 14.2 Å². The number of morpholine rings is 1. The fraction of sp³-hybridized carbons (Fsp3) is 0.375. The zero-order valence-electron chi connectivity index (χ0n) is 17.7. The number of nitrogens with zero attached hydrogens (tertiary/aromatic N) is 3. The van der Waals surface area contributed by atoms with Crippen molar-refractivity contribution >= 4 is 5.91 Å². The van der Waals surface area contributed by atoms with Gasteiger partial charge in [0.2, 0.25) is 5.91 Å². The predicted molar refractivity (Wildman–Crippen MR) is 114 cm³/mol. The summed E-state index contributed by atoms with van der Waals surface area (Å²) >= 11 is 0. The predicted octanol–water partition coefficient (Wildman–Crippen LogP) is 4.06. The van der Waals surface area contributed by atoms with E-state index in [2.05, 4.69) is 5.16 Å². The number of pyridine rings is 1. The summed E-state index contributed by atoms with van der Waals surface area (Å²) in [6.07, 6.45) is 0.917. The third-order valence-corrected chi connectivity index (χ3v) is 5.63. The summed E-state index contributed by atoms with van der Waals surface area (Å²) in [5.74, 6) is 0.952. The Balaban J connectivity index is 1.52. The number of hydrogen-bond donors (Lipinski definition) is 0. The van der Waals surface area contributed by atoms with E-state index in [1.54, 1.807) is 0 Å². The van der Waals surface area contributed by atoms with Crippen LogP contribution in [0, 0.1) is 13.8 Å². The summed E-state index contributed by atoms with van der Waals surface area (Å²) in [5, 5.41) is 4.09. The maximum atomic E-state index is 12.9. The number of carbonyl (C=O) groups is 1. The van der Waals surface area contributed by atoms with Gasteiger partial charge in [-0.1, -0.05) is 42.4 Å². The fourth-order valence-corrected chi connectivity index (χ4v) is 3.89. The van der Waals surface area contributed by atoms with Gasteiger partial charge >= 0.3 is 0 Å². The van der Waals surface area contributed by atoms with Crippen LogP contribution in [0.2, 0.25) is 0 Å². The van der Waals surface area contributed by atoms with Crippen molar-refractivity contribution in [2.45, 2.75) is 39.7 Å². The molecule has 0 aliphatic carbocycles. The number of benzene rings is 1. The largest absolute Gasteiger partial charge is 0.368 e. The Morgan fingerprint density at radius 2 is 2.00 bits per heavy atom. The number of hydrogen-bond acceptors (Lipinski definition) is 5. The van der Waals surface area contributed by atoms with Gasteiger partial charge in [0, 0.05) is 13.0 Å². The van der Waals surface area contributed by atoms with E-state index in [1.807, 2.05) is 68.1 Å². The molecular formula is C24H27N3O3. The van der Waals surface area contributed by atoms with Crippen LogP contribution in [-0.2, 0) is 22.4 Å². The average Bonchev–Trinajstić information content (AvgIpc) is 3.16. The van der Waals surface area contributed by atoms with E-state index in [1.165, 1.54) is 0 Å². The van der Waals surface area contributed by atoms with E-state index in [9.17, 15) is 4.79 Å². The van der Waals surface area contributed by atoms with Crippen LogP contribution < -0.4 is 0 Å². The van der Waals surface area contributed by atoms with Gasteiger partial charge in [-0.25, -0.2) is 4.98 Å².